The maximum absolute atomic E-state index is 13.7. The number of piperazine rings is 1. The van der Waals surface area contributed by atoms with Gasteiger partial charge in [-0.1, -0.05) is 11.6 Å². The molecule has 6 rings (SSSR count). The molecule has 2 aromatic heterocycles. The van der Waals surface area contributed by atoms with E-state index >= 15 is 0 Å². The van der Waals surface area contributed by atoms with Gasteiger partial charge in [0.05, 0.1) is 34.1 Å². The van der Waals surface area contributed by atoms with Crippen LogP contribution in [-0.2, 0) is 18.0 Å². The second kappa shape index (κ2) is 13.0. The number of anilines is 1. The van der Waals surface area contributed by atoms with Crippen molar-refractivity contribution < 1.29 is 37.5 Å². The van der Waals surface area contributed by atoms with Gasteiger partial charge < -0.3 is 35.4 Å². The lowest BCUT2D eigenvalue weighted by Gasteiger charge is -2.42. The van der Waals surface area contributed by atoms with Gasteiger partial charge in [0.2, 0.25) is 0 Å². The Morgan fingerprint density at radius 3 is 2.28 bits per heavy atom. The summed E-state index contributed by atoms with van der Waals surface area (Å²) in [4.78, 5) is 56.1. The topological polar surface area (TPSA) is 172 Å². The zero-order valence-electron chi connectivity index (χ0n) is 24.6. The van der Waals surface area contributed by atoms with Gasteiger partial charge in [0.15, 0.2) is 11.5 Å². The average molecular weight is 666 g/mol. The quantitative estimate of drug-likeness (QED) is 0.349. The predicted molar refractivity (Wildman–Crippen MR) is 158 cm³/mol. The van der Waals surface area contributed by atoms with Crippen LogP contribution < -0.4 is 11.1 Å². The zero-order chi connectivity index (χ0) is 33.3. The molecule has 18 heteroatoms. The summed E-state index contributed by atoms with van der Waals surface area (Å²) in [6.07, 6.45) is -0.604. The molecular weight excluding hydrogens is 635 g/mol. The first-order valence-electron chi connectivity index (χ1n) is 14.3. The molecule has 2 saturated heterocycles. The molecule has 4 N–H and O–H groups in total. The minimum atomic E-state index is -4.67. The molecule has 3 aliphatic rings. The Morgan fingerprint density at radius 1 is 1.09 bits per heavy atom. The molecule has 0 radical (unpaired) electrons. The zero-order valence-corrected chi connectivity index (χ0v) is 25.3. The molecular formula is C28H31ClF3N9O5. The highest BCUT2D eigenvalue weighted by molar-refractivity contribution is 6.34. The molecule has 4 heterocycles. The molecule has 3 aromatic rings. The van der Waals surface area contributed by atoms with Gasteiger partial charge in [-0.25, -0.2) is 9.78 Å². The van der Waals surface area contributed by atoms with Gasteiger partial charge in [-0.2, -0.15) is 18.3 Å². The number of carbonyl (C=O) groups is 4. The summed E-state index contributed by atoms with van der Waals surface area (Å²) in [5.74, 6) is -1.09. The van der Waals surface area contributed by atoms with Gasteiger partial charge in [-0.3, -0.25) is 19.1 Å². The number of carbonyl (C=O) groups excluding carboxylic acids is 3. The maximum Gasteiger partial charge on any atom is 0.435 e. The Morgan fingerprint density at radius 2 is 1.72 bits per heavy atom. The highest BCUT2D eigenvalue weighted by Gasteiger charge is 2.40. The SMILES string of the molecule is Cn1c(-c2cn(C3CC3)nc2C(F)(F)F)cnc1C(=O)Nc1ccc(C(=O)N2CCN(C(=O)N3CC(N)C3)CC2)c(Cl)c1.O=CO. The lowest BCUT2D eigenvalue weighted by molar-refractivity contribution is -0.141. The Labute approximate surface area is 265 Å². The molecule has 0 spiro atoms. The van der Waals surface area contributed by atoms with E-state index in [4.69, 9.17) is 27.2 Å². The number of imidazole rings is 1. The van der Waals surface area contributed by atoms with E-state index in [0.29, 0.717) is 39.3 Å². The monoisotopic (exact) mass is 665 g/mol. The maximum atomic E-state index is 13.7. The van der Waals surface area contributed by atoms with Gasteiger partial charge >= 0.3 is 12.2 Å². The molecule has 1 saturated carbocycles. The van der Waals surface area contributed by atoms with Crippen LogP contribution in [0.1, 0.15) is 45.6 Å². The Hall–Kier alpha value is -4.64. The van der Waals surface area contributed by atoms with Crippen molar-refractivity contribution in [1.29, 1.82) is 0 Å². The summed E-state index contributed by atoms with van der Waals surface area (Å²) >= 11 is 6.42. The molecule has 0 bridgehead atoms. The second-order valence-corrected chi connectivity index (χ2v) is 11.5. The number of rotatable bonds is 5. The molecule has 46 heavy (non-hydrogen) atoms. The molecule has 0 atom stereocenters. The Balaban J connectivity index is 0.00000134. The van der Waals surface area contributed by atoms with Crippen LogP contribution in [0.4, 0.5) is 23.7 Å². The average Bonchev–Trinajstić information content (AvgIpc) is 3.62. The van der Waals surface area contributed by atoms with Crippen LogP contribution in [0.2, 0.25) is 5.02 Å². The molecule has 2 aliphatic heterocycles. The molecule has 1 aliphatic carbocycles. The van der Waals surface area contributed by atoms with Crippen LogP contribution in [0.5, 0.6) is 0 Å². The number of amides is 4. The van der Waals surface area contributed by atoms with Gasteiger partial charge in [0.25, 0.3) is 18.3 Å². The summed E-state index contributed by atoms with van der Waals surface area (Å²) in [5.41, 5.74) is 5.18. The standard InChI is InChI=1S/C27H29ClF3N9O3.CH2O2/c1-36-21(19-14-40(17-3-4-17)35-22(19)27(29,30)31)11-33-23(36)24(41)34-16-2-5-18(20(28)10-16)25(42)37-6-8-38(9-7-37)26(43)39-12-15(32)13-39;2-1-3/h2,5,10-11,14-15,17H,3-4,6-9,12-13,32H2,1H3,(H,34,41);1H,(H,2,3). The predicted octanol–water partition coefficient (Wildman–Crippen LogP) is 2.76. The summed E-state index contributed by atoms with van der Waals surface area (Å²) < 4.78 is 43.8. The van der Waals surface area contributed by atoms with Crippen LogP contribution in [0.3, 0.4) is 0 Å². The first-order valence-corrected chi connectivity index (χ1v) is 14.7. The normalized spacial score (nSPS) is 16.8. The van der Waals surface area contributed by atoms with Crippen LogP contribution in [0.15, 0.2) is 30.6 Å². The number of nitrogens with zero attached hydrogens (tertiary/aromatic N) is 7. The van der Waals surface area contributed by atoms with Crippen molar-refractivity contribution in [2.45, 2.75) is 31.1 Å². The Bertz CT molecular complexity index is 1640. The number of nitrogens with one attached hydrogen (secondary N) is 1. The molecule has 1 aromatic carbocycles. The largest absolute Gasteiger partial charge is 0.483 e. The van der Waals surface area contributed by atoms with E-state index in [0.717, 1.165) is 12.8 Å². The highest BCUT2D eigenvalue weighted by Crippen LogP contribution is 2.41. The fourth-order valence-electron chi connectivity index (χ4n) is 5.28. The van der Waals surface area contributed by atoms with E-state index in [-0.39, 0.29) is 63.8 Å². The third-order valence-corrected chi connectivity index (χ3v) is 8.18. The van der Waals surface area contributed by atoms with Gasteiger partial charge in [-0.15, -0.1) is 0 Å². The van der Waals surface area contributed by atoms with E-state index < -0.39 is 17.8 Å². The number of alkyl halides is 3. The second-order valence-electron chi connectivity index (χ2n) is 11.1. The number of urea groups is 1. The minimum Gasteiger partial charge on any atom is -0.483 e. The van der Waals surface area contributed by atoms with Crippen molar-refractivity contribution in [2.24, 2.45) is 12.8 Å². The van der Waals surface area contributed by atoms with Crippen molar-refractivity contribution in [2.75, 3.05) is 44.6 Å². The molecule has 246 valence electrons. The fourth-order valence-corrected chi connectivity index (χ4v) is 5.54. The number of likely N-dealkylation sites (tertiary alicyclic amines) is 1. The number of hydrogen-bond donors (Lipinski definition) is 3. The highest BCUT2D eigenvalue weighted by atomic mass is 35.5. The smallest absolute Gasteiger partial charge is 0.435 e. The number of halogens is 4. The van der Waals surface area contributed by atoms with Crippen molar-refractivity contribution >= 4 is 41.6 Å². The fraction of sp³-hybridized carbons (Fsp3) is 0.429. The van der Waals surface area contributed by atoms with Crippen LogP contribution >= 0.6 is 11.6 Å². The summed E-state index contributed by atoms with van der Waals surface area (Å²) in [7, 11) is 1.45. The summed E-state index contributed by atoms with van der Waals surface area (Å²) in [6, 6.07) is 4.29. The van der Waals surface area contributed by atoms with E-state index in [1.165, 1.54) is 46.9 Å². The van der Waals surface area contributed by atoms with Crippen molar-refractivity contribution in [3.8, 4) is 11.3 Å². The molecule has 3 fully saturated rings. The van der Waals surface area contributed by atoms with Crippen molar-refractivity contribution in [1.82, 2.24) is 34.0 Å². The van der Waals surface area contributed by atoms with Crippen molar-refractivity contribution in [3.05, 3.63) is 52.7 Å². The van der Waals surface area contributed by atoms with Gasteiger partial charge in [0.1, 0.15) is 0 Å². The number of nitrogens with two attached hydrogens (primary N) is 1. The van der Waals surface area contributed by atoms with Crippen LogP contribution in [0, 0.1) is 0 Å². The van der Waals surface area contributed by atoms with E-state index in [9.17, 15) is 27.6 Å². The first-order chi connectivity index (χ1) is 21.8. The molecule has 4 amide bonds. The van der Waals surface area contributed by atoms with Crippen molar-refractivity contribution in [3.63, 3.8) is 0 Å². The van der Waals surface area contributed by atoms with Gasteiger partial charge in [-0.05, 0) is 31.0 Å². The summed E-state index contributed by atoms with van der Waals surface area (Å²) in [5, 5.41) is 13.4. The Kier molecular flexibility index (Phi) is 9.25. The lowest BCUT2D eigenvalue weighted by Crippen LogP contribution is -2.63. The van der Waals surface area contributed by atoms with Gasteiger partial charge in [0, 0.05) is 64.2 Å². The number of aromatic nitrogens is 4. The number of benzene rings is 1. The number of carboxylic acid groups (broad SMARTS) is 1. The first kappa shape index (κ1) is 32.7. The molecule has 0 unspecified atom stereocenters. The van der Waals surface area contributed by atoms with E-state index in [2.05, 4.69) is 15.4 Å². The third-order valence-electron chi connectivity index (χ3n) is 7.86. The van der Waals surface area contributed by atoms with E-state index in [1.54, 1.807) is 14.7 Å². The van der Waals surface area contributed by atoms with Crippen LogP contribution in [0.25, 0.3) is 11.3 Å². The lowest BCUT2D eigenvalue weighted by atomic mass is 10.1. The minimum absolute atomic E-state index is 0.0111. The summed E-state index contributed by atoms with van der Waals surface area (Å²) in [6.45, 7) is 2.28. The van der Waals surface area contributed by atoms with E-state index in [1.807, 2.05) is 0 Å². The number of hydrogen-bond acceptors (Lipinski definition) is 7. The van der Waals surface area contributed by atoms with Crippen LogP contribution in [-0.4, -0.2) is 109 Å². The third kappa shape index (κ3) is 6.79. The molecule has 14 nitrogen and oxygen atoms in total.